The lowest BCUT2D eigenvalue weighted by Gasteiger charge is -2.38. The van der Waals surface area contributed by atoms with E-state index in [0.29, 0.717) is 50.3 Å². The molecule has 160 valence electrons. The zero-order valence-corrected chi connectivity index (χ0v) is 17.4. The Hall–Kier alpha value is -2.12. The van der Waals surface area contributed by atoms with Crippen LogP contribution in [0.3, 0.4) is 0 Å². The summed E-state index contributed by atoms with van der Waals surface area (Å²) in [4.78, 5) is 26.9. The molecule has 0 radical (unpaired) electrons. The maximum absolute atomic E-state index is 13.0. The van der Waals surface area contributed by atoms with Crippen LogP contribution in [0.1, 0.15) is 39.5 Å². The molecule has 1 N–H and O–H groups in total. The van der Waals surface area contributed by atoms with Gasteiger partial charge in [0.25, 0.3) is 11.8 Å². The molecule has 1 saturated heterocycles. The van der Waals surface area contributed by atoms with E-state index in [1.165, 1.54) is 0 Å². The van der Waals surface area contributed by atoms with Gasteiger partial charge < -0.3 is 24.4 Å². The predicted octanol–water partition coefficient (Wildman–Crippen LogP) is 2.85. The summed E-state index contributed by atoms with van der Waals surface area (Å²) in [5.74, 6) is 0.939. The monoisotopic (exact) mass is 404 g/mol. The Morgan fingerprint density at radius 2 is 1.97 bits per heavy atom. The van der Waals surface area contributed by atoms with Gasteiger partial charge >= 0.3 is 0 Å². The van der Waals surface area contributed by atoms with Crippen LogP contribution in [0.25, 0.3) is 0 Å². The fourth-order valence-electron chi connectivity index (χ4n) is 4.11. The lowest BCUT2D eigenvalue weighted by Crippen LogP contribution is -2.48. The predicted molar refractivity (Wildman–Crippen MR) is 110 cm³/mol. The molecule has 2 fully saturated rings. The van der Waals surface area contributed by atoms with E-state index in [9.17, 15) is 9.59 Å². The van der Waals surface area contributed by atoms with Crippen molar-refractivity contribution < 1.29 is 23.8 Å². The Morgan fingerprint density at radius 1 is 1.24 bits per heavy atom. The third-order valence-corrected chi connectivity index (χ3v) is 5.63. The smallest absolute Gasteiger partial charge is 0.260 e. The molecule has 1 aliphatic heterocycles. The Morgan fingerprint density at radius 3 is 2.62 bits per heavy atom. The number of carbonyl (C=O) groups excluding carboxylic acids is 2. The van der Waals surface area contributed by atoms with Gasteiger partial charge in [-0.05, 0) is 56.4 Å². The van der Waals surface area contributed by atoms with Gasteiger partial charge in [0.15, 0.2) is 6.61 Å². The van der Waals surface area contributed by atoms with E-state index < -0.39 is 5.60 Å². The zero-order valence-electron chi connectivity index (χ0n) is 17.4. The molecular formula is C22H32N2O5. The second-order valence-corrected chi connectivity index (χ2v) is 7.89. The number of nitrogens with one attached hydrogen (secondary N) is 1. The van der Waals surface area contributed by atoms with Crippen LogP contribution in [0, 0.1) is 5.92 Å². The number of rotatable bonds is 7. The minimum Gasteiger partial charge on any atom is -0.484 e. The molecule has 1 aliphatic carbocycles. The van der Waals surface area contributed by atoms with Crippen molar-refractivity contribution >= 4 is 17.5 Å². The largest absolute Gasteiger partial charge is 0.484 e. The highest BCUT2D eigenvalue weighted by Gasteiger charge is 2.42. The number of amides is 2. The van der Waals surface area contributed by atoms with E-state index in [-0.39, 0.29) is 18.4 Å². The van der Waals surface area contributed by atoms with E-state index in [2.05, 4.69) is 12.2 Å². The lowest BCUT2D eigenvalue weighted by atomic mass is 9.78. The zero-order chi connectivity index (χ0) is 20.7. The van der Waals surface area contributed by atoms with Crippen molar-refractivity contribution in [2.75, 3.05) is 44.8 Å². The van der Waals surface area contributed by atoms with Crippen molar-refractivity contribution in [2.24, 2.45) is 5.92 Å². The van der Waals surface area contributed by atoms with E-state index in [0.717, 1.165) is 25.7 Å². The number of benzene rings is 1. The number of anilines is 1. The minimum absolute atomic E-state index is 0.00293. The number of morpholine rings is 1. The van der Waals surface area contributed by atoms with Gasteiger partial charge in [-0.25, -0.2) is 0 Å². The van der Waals surface area contributed by atoms with E-state index in [1.807, 2.05) is 6.92 Å². The number of hydrogen-bond donors (Lipinski definition) is 1. The summed E-state index contributed by atoms with van der Waals surface area (Å²) in [6.07, 6.45) is 3.63. The van der Waals surface area contributed by atoms with Crippen LogP contribution in [0.2, 0.25) is 0 Å². The summed E-state index contributed by atoms with van der Waals surface area (Å²) in [5, 5.41) is 2.99. The summed E-state index contributed by atoms with van der Waals surface area (Å²) >= 11 is 0. The van der Waals surface area contributed by atoms with Crippen molar-refractivity contribution in [2.45, 2.75) is 45.1 Å². The summed E-state index contributed by atoms with van der Waals surface area (Å²) < 4.78 is 16.8. The summed E-state index contributed by atoms with van der Waals surface area (Å²) in [5.41, 5.74) is -0.0502. The highest BCUT2D eigenvalue weighted by molar-refractivity contribution is 5.97. The summed E-state index contributed by atoms with van der Waals surface area (Å²) in [6.45, 7) is 6.97. The molecule has 1 saturated carbocycles. The van der Waals surface area contributed by atoms with E-state index in [4.69, 9.17) is 14.2 Å². The first-order valence-corrected chi connectivity index (χ1v) is 10.6. The Bertz CT molecular complexity index is 683. The first-order chi connectivity index (χ1) is 14.0. The van der Waals surface area contributed by atoms with Gasteiger partial charge in [-0.2, -0.15) is 0 Å². The molecule has 2 atom stereocenters. The Labute approximate surface area is 172 Å². The normalized spacial score (nSPS) is 24.8. The van der Waals surface area contributed by atoms with Gasteiger partial charge in [-0.15, -0.1) is 0 Å². The van der Waals surface area contributed by atoms with Crippen molar-refractivity contribution in [3.8, 4) is 5.75 Å². The topological polar surface area (TPSA) is 77.1 Å². The molecular weight excluding hydrogens is 372 g/mol. The van der Waals surface area contributed by atoms with Crippen LogP contribution in [-0.4, -0.2) is 61.8 Å². The number of nitrogens with zero attached hydrogens (tertiary/aromatic N) is 1. The second-order valence-electron chi connectivity index (χ2n) is 7.89. The van der Waals surface area contributed by atoms with Crippen molar-refractivity contribution in [3.05, 3.63) is 24.3 Å². The van der Waals surface area contributed by atoms with Crippen LogP contribution in [0.15, 0.2) is 24.3 Å². The van der Waals surface area contributed by atoms with Crippen LogP contribution in [0.5, 0.6) is 5.75 Å². The Kier molecular flexibility index (Phi) is 7.50. The molecule has 2 aliphatic rings. The molecule has 3 rings (SSSR count). The van der Waals surface area contributed by atoms with Crippen molar-refractivity contribution in [1.29, 1.82) is 0 Å². The molecule has 0 bridgehead atoms. The van der Waals surface area contributed by atoms with Gasteiger partial charge in [-0.1, -0.05) is 13.3 Å². The average molecular weight is 405 g/mol. The second kappa shape index (κ2) is 10.1. The van der Waals surface area contributed by atoms with Crippen LogP contribution >= 0.6 is 0 Å². The molecule has 1 heterocycles. The van der Waals surface area contributed by atoms with Crippen LogP contribution < -0.4 is 10.1 Å². The van der Waals surface area contributed by atoms with Gasteiger partial charge in [0.2, 0.25) is 0 Å². The van der Waals surface area contributed by atoms with Gasteiger partial charge in [0.1, 0.15) is 11.4 Å². The van der Waals surface area contributed by atoms with Crippen molar-refractivity contribution in [3.63, 3.8) is 0 Å². The average Bonchev–Trinajstić information content (AvgIpc) is 2.74. The fraction of sp³-hybridized carbons (Fsp3) is 0.636. The standard InChI is InChI=1S/C22H32N2O5/c1-3-29-22(10-4-5-17(2)15-22)21(26)23-18-6-8-19(9-7-18)28-16-20(25)24-11-13-27-14-12-24/h6-9,17H,3-5,10-16H2,1-2H3,(H,23,26). The molecule has 29 heavy (non-hydrogen) atoms. The highest BCUT2D eigenvalue weighted by Crippen LogP contribution is 2.36. The molecule has 7 heteroatoms. The molecule has 7 nitrogen and oxygen atoms in total. The SMILES string of the molecule is CCOC1(C(=O)Nc2ccc(OCC(=O)N3CCOCC3)cc2)CCCC(C)C1. The van der Waals surface area contributed by atoms with E-state index >= 15 is 0 Å². The van der Waals surface area contributed by atoms with Gasteiger partial charge in [0.05, 0.1) is 13.2 Å². The molecule has 0 spiro atoms. The number of hydrogen-bond acceptors (Lipinski definition) is 5. The van der Waals surface area contributed by atoms with Gasteiger partial charge in [0, 0.05) is 25.4 Å². The summed E-state index contributed by atoms with van der Waals surface area (Å²) in [6, 6.07) is 7.11. The Balaban J connectivity index is 1.54. The molecule has 2 unspecified atom stereocenters. The van der Waals surface area contributed by atoms with Crippen molar-refractivity contribution in [1.82, 2.24) is 4.90 Å². The van der Waals surface area contributed by atoms with Gasteiger partial charge in [-0.3, -0.25) is 9.59 Å². The minimum atomic E-state index is -0.744. The first-order valence-electron chi connectivity index (χ1n) is 10.6. The van der Waals surface area contributed by atoms with Crippen LogP contribution in [0.4, 0.5) is 5.69 Å². The fourth-order valence-corrected chi connectivity index (χ4v) is 4.11. The molecule has 2 amide bonds. The molecule has 0 aromatic heterocycles. The number of carbonyl (C=O) groups is 2. The maximum Gasteiger partial charge on any atom is 0.260 e. The lowest BCUT2D eigenvalue weighted by molar-refractivity contribution is -0.147. The highest BCUT2D eigenvalue weighted by atomic mass is 16.5. The molecule has 1 aromatic rings. The van der Waals surface area contributed by atoms with E-state index in [1.54, 1.807) is 29.2 Å². The summed E-state index contributed by atoms with van der Waals surface area (Å²) in [7, 11) is 0. The number of ether oxygens (including phenoxy) is 3. The molecule has 1 aromatic carbocycles. The first kappa shape index (κ1) is 21.6. The van der Waals surface area contributed by atoms with Crippen LogP contribution in [-0.2, 0) is 19.1 Å². The quantitative estimate of drug-likeness (QED) is 0.756. The third-order valence-electron chi connectivity index (χ3n) is 5.63. The maximum atomic E-state index is 13.0. The third kappa shape index (κ3) is 5.70.